The minimum atomic E-state index is -0.370. The second-order valence-corrected chi connectivity index (χ2v) is 7.96. The highest BCUT2D eigenvalue weighted by atomic mass is 16.3. The number of allylic oxidation sites excluding steroid dienone is 1. The molecule has 3 fully saturated rings. The predicted molar refractivity (Wildman–Crippen MR) is 83.1 cm³/mol. The summed E-state index contributed by atoms with van der Waals surface area (Å²) in [5.74, 6) is 2.27. The maximum Gasteiger partial charge on any atom is 0.155 e. The molecule has 0 saturated heterocycles. The minimum absolute atomic E-state index is 0.244. The third-order valence-electron chi connectivity index (χ3n) is 7.36. The van der Waals surface area contributed by atoms with E-state index in [-0.39, 0.29) is 23.2 Å². The lowest BCUT2D eigenvalue weighted by molar-refractivity contribution is -0.143. The van der Waals surface area contributed by atoms with Crippen LogP contribution in [-0.4, -0.2) is 22.8 Å². The SMILES string of the molecule is CC[C@]12C[C@@H](O)C3C4CCC(=O)C=C4CCC3C1CCC2=O. The zero-order valence-electron chi connectivity index (χ0n) is 13.4. The van der Waals surface area contributed by atoms with E-state index in [9.17, 15) is 14.7 Å². The first kappa shape index (κ1) is 14.6. The summed E-state index contributed by atoms with van der Waals surface area (Å²) in [6.07, 6.45) is 8.34. The van der Waals surface area contributed by atoms with Crippen molar-refractivity contribution >= 4 is 11.6 Å². The van der Waals surface area contributed by atoms with Gasteiger partial charge in [-0.3, -0.25) is 9.59 Å². The van der Waals surface area contributed by atoms with Gasteiger partial charge in [0.05, 0.1) is 6.10 Å². The molecule has 0 radical (unpaired) electrons. The van der Waals surface area contributed by atoms with E-state index in [1.807, 2.05) is 6.08 Å². The molecule has 1 N–H and O–H groups in total. The third-order valence-corrected chi connectivity index (χ3v) is 7.36. The number of carbonyl (C=O) groups excluding carboxylic acids is 2. The summed E-state index contributed by atoms with van der Waals surface area (Å²) < 4.78 is 0. The number of hydrogen-bond donors (Lipinski definition) is 1. The maximum atomic E-state index is 12.5. The van der Waals surface area contributed by atoms with Crippen molar-refractivity contribution in [3.63, 3.8) is 0 Å². The van der Waals surface area contributed by atoms with Gasteiger partial charge in [-0.2, -0.15) is 0 Å². The van der Waals surface area contributed by atoms with E-state index in [4.69, 9.17) is 0 Å². The van der Waals surface area contributed by atoms with Crippen molar-refractivity contribution in [2.75, 3.05) is 0 Å². The van der Waals surface area contributed by atoms with Crippen LogP contribution in [0.4, 0.5) is 0 Å². The fraction of sp³-hybridized carbons (Fsp3) is 0.789. The van der Waals surface area contributed by atoms with Crippen LogP contribution in [0.25, 0.3) is 0 Å². The van der Waals surface area contributed by atoms with Crippen molar-refractivity contribution in [2.24, 2.45) is 29.1 Å². The Morgan fingerprint density at radius 2 is 2.00 bits per heavy atom. The molecule has 3 saturated carbocycles. The predicted octanol–water partition coefficient (Wildman–Crippen LogP) is 3.06. The fourth-order valence-corrected chi connectivity index (χ4v) is 6.43. The number of hydrogen-bond acceptors (Lipinski definition) is 3. The monoisotopic (exact) mass is 302 g/mol. The number of rotatable bonds is 1. The topological polar surface area (TPSA) is 54.4 Å². The van der Waals surface area contributed by atoms with Crippen LogP contribution in [0, 0.1) is 29.1 Å². The van der Waals surface area contributed by atoms with Gasteiger partial charge in [0.25, 0.3) is 0 Å². The van der Waals surface area contributed by atoms with Crippen LogP contribution in [0.5, 0.6) is 0 Å². The molecular formula is C19H26O3. The highest BCUT2D eigenvalue weighted by molar-refractivity contribution is 5.91. The summed E-state index contributed by atoms with van der Waals surface area (Å²) in [5.41, 5.74) is 1.04. The molecule has 4 rings (SSSR count). The lowest BCUT2D eigenvalue weighted by atomic mass is 9.50. The average Bonchev–Trinajstić information content (AvgIpc) is 2.84. The lowest BCUT2D eigenvalue weighted by Crippen LogP contribution is -2.54. The molecule has 0 aromatic rings. The number of fused-ring (bicyclic) bond motifs is 5. The molecule has 0 spiro atoms. The van der Waals surface area contributed by atoms with Gasteiger partial charge < -0.3 is 5.11 Å². The Labute approximate surface area is 132 Å². The van der Waals surface area contributed by atoms with E-state index in [0.29, 0.717) is 42.8 Å². The van der Waals surface area contributed by atoms with Gasteiger partial charge in [0, 0.05) is 18.3 Å². The van der Waals surface area contributed by atoms with Gasteiger partial charge in [-0.05, 0) is 68.3 Å². The van der Waals surface area contributed by atoms with Gasteiger partial charge in [0.15, 0.2) is 5.78 Å². The van der Waals surface area contributed by atoms with Crippen LogP contribution >= 0.6 is 0 Å². The second kappa shape index (κ2) is 5.02. The quantitative estimate of drug-likeness (QED) is 0.810. The first-order chi connectivity index (χ1) is 10.6. The highest BCUT2D eigenvalue weighted by Crippen LogP contribution is 2.61. The van der Waals surface area contributed by atoms with E-state index in [0.717, 1.165) is 32.1 Å². The van der Waals surface area contributed by atoms with Gasteiger partial charge in [0.1, 0.15) is 5.78 Å². The summed E-state index contributed by atoms with van der Waals surface area (Å²) in [4.78, 5) is 24.2. The van der Waals surface area contributed by atoms with Crippen LogP contribution < -0.4 is 0 Å². The first-order valence-electron chi connectivity index (χ1n) is 9.01. The molecule has 0 bridgehead atoms. The smallest absolute Gasteiger partial charge is 0.155 e. The molecule has 4 unspecified atom stereocenters. The number of carbonyl (C=O) groups is 2. The van der Waals surface area contributed by atoms with E-state index in [1.165, 1.54) is 5.57 Å². The van der Waals surface area contributed by atoms with E-state index in [2.05, 4.69) is 6.92 Å². The average molecular weight is 302 g/mol. The van der Waals surface area contributed by atoms with E-state index in [1.54, 1.807) is 0 Å². The summed E-state index contributed by atoms with van der Waals surface area (Å²) in [6, 6.07) is 0. The van der Waals surface area contributed by atoms with Gasteiger partial charge >= 0.3 is 0 Å². The molecule has 120 valence electrons. The largest absolute Gasteiger partial charge is 0.393 e. The Hall–Kier alpha value is -0.960. The highest BCUT2D eigenvalue weighted by Gasteiger charge is 2.60. The molecule has 0 aliphatic heterocycles. The Bertz CT molecular complexity index is 549. The van der Waals surface area contributed by atoms with Crippen LogP contribution in [0.15, 0.2) is 11.6 Å². The first-order valence-corrected chi connectivity index (χ1v) is 9.01. The molecule has 0 heterocycles. The molecule has 4 aliphatic rings. The third kappa shape index (κ3) is 1.84. The van der Waals surface area contributed by atoms with Gasteiger partial charge in [-0.15, -0.1) is 0 Å². The Balaban J connectivity index is 1.70. The van der Waals surface area contributed by atoms with Gasteiger partial charge in [0.2, 0.25) is 0 Å². The molecule has 22 heavy (non-hydrogen) atoms. The molecule has 0 amide bonds. The summed E-state index contributed by atoms with van der Waals surface area (Å²) in [7, 11) is 0. The van der Waals surface area contributed by atoms with Crippen molar-refractivity contribution in [1.29, 1.82) is 0 Å². The zero-order valence-corrected chi connectivity index (χ0v) is 13.4. The van der Waals surface area contributed by atoms with Gasteiger partial charge in [-0.25, -0.2) is 0 Å². The van der Waals surface area contributed by atoms with Crippen molar-refractivity contribution in [2.45, 2.75) is 64.4 Å². The van der Waals surface area contributed by atoms with Crippen LogP contribution in [0.2, 0.25) is 0 Å². The van der Waals surface area contributed by atoms with Crippen LogP contribution in [0.1, 0.15) is 58.3 Å². The van der Waals surface area contributed by atoms with Crippen molar-refractivity contribution in [3.8, 4) is 0 Å². The molecule has 3 heteroatoms. The molecule has 6 atom stereocenters. The second-order valence-electron chi connectivity index (χ2n) is 7.96. The van der Waals surface area contributed by atoms with Crippen molar-refractivity contribution in [1.82, 2.24) is 0 Å². The number of ketones is 2. The number of aliphatic hydroxyl groups is 1. The Kier molecular flexibility index (Phi) is 3.34. The zero-order chi connectivity index (χ0) is 15.5. The van der Waals surface area contributed by atoms with Crippen LogP contribution in [-0.2, 0) is 9.59 Å². The van der Waals surface area contributed by atoms with E-state index < -0.39 is 0 Å². The molecule has 0 aromatic heterocycles. The Morgan fingerprint density at radius 1 is 1.18 bits per heavy atom. The lowest BCUT2D eigenvalue weighted by Gasteiger charge is -2.54. The Morgan fingerprint density at radius 3 is 2.77 bits per heavy atom. The van der Waals surface area contributed by atoms with Crippen LogP contribution in [0.3, 0.4) is 0 Å². The molecule has 0 aromatic carbocycles. The standard InChI is InChI=1S/C19H26O3/c1-2-19-10-16(21)18-13-6-4-12(20)9-11(13)3-5-14(18)15(19)7-8-17(19)22/h9,13-16,18,21H,2-8,10H2,1H3/t13?,14?,15?,16-,18?,19+/m1/s1. The molecular weight excluding hydrogens is 276 g/mol. The summed E-state index contributed by atoms with van der Waals surface area (Å²) >= 11 is 0. The number of Topliss-reactive ketones (excluding diaryl/α,β-unsaturated/α-hetero) is 1. The van der Waals surface area contributed by atoms with Gasteiger partial charge in [-0.1, -0.05) is 12.5 Å². The molecule has 3 nitrogen and oxygen atoms in total. The molecule has 4 aliphatic carbocycles. The van der Waals surface area contributed by atoms with Crippen molar-refractivity contribution in [3.05, 3.63) is 11.6 Å². The van der Waals surface area contributed by atoms with E-state index >= 15 is 0 Å². The minimum Gasteiger partial charge on any atom is -0.393 e. The number of aliphatic hydroxyl groups excluding tert-OH is 1. The van der Waals surface area contributed by atoms with Crippen molar-refractivity contribution < 1.29 is 14.7 Å². The maximum absolute atomic E-state index is 12.5. The summed E-state index contributed by atoms with van der Waals surface area (Å²) in [6.45, 7) is 2.12. The summed E-state index contributed by atoms with van der Waals surface area (Å²) in [5, 5.41) is 10.9. The normalized spacial score (nSPS) is 47.5. The fourth-order valence-electron chi connectivity index (χ4n) is 6.43.